The van der Waals surface area contributed by atoms with Gasteiger partial charge in [0.2, 0.25) is 0 Å². The highest BCUT2D eigenvalue weighted by molar-refractivity contribution is 6.30. The third kappa shape index (κ3) is 5.57. The van der Waals surface area contributed by atoms with Gasteiger partial charge in [-0.3, -0.25) is 0 Å². The molecule has 22 heavy (non-hydrogen) atoms. The van der Waals surface area contributed by atoms with Gasteiger partial charge < -0.3 is 10.1 Å². The molecular weight excluding hydrogens is 296 g/mol. The molecule has 0 aliphatic heterocycles. The van der Waals surface area contributed by atoms with Gasteiger partial charge in [0.1, 0.15) is 11.6 Å². The number of pyridine rings is 1. The zero-order valence-electron chi connectivity index (χ0n) is 13.2. The van der Waals surface area contributed by atoms with E-state index >= 15 is 0 Å². The summed E-state index contributed by atoms with van der Waals surface area (Å²) >= 11 is 5.75. The number of rotatable bonds is 3. The van der Waals surface area contributed by atoms with Crippen LogP contribution in [0.1, 0.15) is 32.6 Å². The van der Waals surface area contributed by atoms with Crippen LogP contribution in [0.15, 0.2) is 42.6 Å². The fourth-order valence-electron chi connectivity index (χ4n) is 2.40. The maximum Gasteiger partial charge on any atom is 0.130 e. The number of halogens is 1. The number of benzene rings is 1. The highest BCUT2D eigenvalue weighted by Gasteiger charge is 2.07. The summed E-state index contributed by atoms with van der Waals surface area (Å²) in [5.41, 5.74) is 0.954. The van der Waals surface area contributed by atoms with Crippen molar-refractivity contribution < 1.29 is 4.74 Å². The van der Waals surface area contributed by atoms with Crippen molar-refractivity contribution in [2.24, 2.45) is 5.92 Å². The molecule has 3 nitrogen and oxygen atoms in total. The van der Waals surface area contributed by atoms with Crippen LogP contribution in [0.25, 0.3) is 0 Å². The number of ether oxygens (including phenoxy) is 1. The molecule has 0 atom stereocenters. The molecule has 2 aromatic rings. The van der Waals surface area contributed by atoms with Gasteiger partial charge in [-0.25, -0.2) is 4.98 Å². The molecule has 1 heterocycles. The Labute approximate surface area is 137 Å². The molecule has 0 radical (unpaired) electrons. The summed E-state index contributed by atoms with van der Waals surface area (Å²) in [5.74, 6) is 2.63. The molecule has 1 fully saturated rings. The van der Waals surface area contributed by atoms with Crippen LogP contribution < -0.4 is 10.1 Å². The quantitative estimate of drug-likeness (QED) is 0.790. The SMILES string of the molecule is CC1CCCC1.COc1ccc(Nc2ccc(Cl)cn2)cc1. The van der Waals surface area contributed by atoms with Crippen molar-refractivity contribution in [3.8, 4) is 5.75 Å². The fraction of sp³-hybridized carbons (Fsp3) is 0.389. The Kier molecular flexibility index (Phi) is 6.53. The number of aromatic nitrogens is 1. The molecule has 0 bridgehead atoms. The van der Waals surface area contributed by atoms with Gasteiger partial charge in [0.15, 0.2) is 0 Å². The largest absolute Gasteiger partial charge is 0.497 e. The van der Waals surface area contributed by atoms with Crippen molar-refractivity contribution in [1.82, 2.24) is 4.98 Å². The average molecular weight is 319 g/mol. The van der Waals surface area contributed by atoms with Crippen LogP contribution in [0, 0.1) is 5.92 Å². The van der Waals surface area contributed by atoms with E-state index in [9.17, 15) is 0 Å². The second kappa shape index (κ2) is 8.64. The van der Waals surface area contributed by atoms with Gasteiger partial charge in [-0.2, -0.15) is 0 Å². The Morgan fingerprint density at radius 3 is 2.23 bits per heavy atom. The Hall–Kier alpha value is -1.74. The van der Waals surface area contributed by atoms with Crippen LogP contribution in [0.3, 0.4) is 0 Å². The molecule has 0 unspecified atom stereocenters. The number of methoxy groups -OCH3 is 1. The second-order valence-corrected chi connectivity index (χ2v) is 6.04. The van der Waals surface area contributed by atoms with E-state index in [0.29, 0.717) is 5.02 Å². The first kappa shape index (κ1) is 16.6. The zero-order chi connectivity index (χ0) is 15.8. The molecule has 0 amide bonds. The van der Waals surface area contributed by atoms with Crippen molar-refractivity contribution in [3.05, 3.63) is 47.6 Å². The normalized spacial score (nSPS) is 14.1. The third-order valence-electron chi connectivity index (χ3n) is 3.73. The first-order valence-corrected chi connectivity index (χ1v) is 8.08. The first-order valence-electron chi connectivity index (χ1n) is 7.70. The van der Waals surface area contributed by atoms with E-state index in [1.54, 1.807) is 19.4 Å². The molecule has 1 N–H and O–H groups in total. The van der Waals surface area contributed by atoms with E-state index in [0.717, 1.165) is 23.2 Å². The van der Waals surface area contributed by atoms with Crippen molar-refractivity contribution in [2.75, 3.05) is 12.4 Å². The minimum Gasteiger partial charge on any atom is -0.497 e. The number of nitrogens with one attached hydrogen (secondary N) is 1. The molecule has 1 aliphatic carbocycles. The monoisotopic (exact) mass is 318 g/mol. The lowest BCUT2D eigenvalue weighted by atomic mass is 10.2. The highest BCUT2D eigenvalue weighted by atomic mass is 35.5. The molecule has 0 saturated heterocycles. The van der Waals surface area contributed by atoms with E-state index in [4.69, 9.17) is 16.3 Å². The molecule has 1 aromatic heterocycles. The second-order valence-electron chi connectivity index (χ2n) is 5.60. The van der Waals surface area contributed by atoms with E-state index in [1.165, 1.54) is 25.7 Å². The lowest BCUT2D eigenvalue weighted by molar-refractivity contribution is 0.415. The van der Waals surface area contributed by atoms with E-state index in [2.05, 4.69) is 17.2 Å². The molecule has 118 valence electrons. The van der Waals surface area contributed by atoms with Crippen molar-refractivity contribution in [2.45, 2.75) is 32.6 Å². The lowest BCUT2D eigenvalue weighted by Gasteiger charge is -2.06. The van der Waals surface area contributed by atoms with Gasteiger partial charge in [0.25, 0.3) is 0 Å². The highest BCUT2D eigenvalue weighted by Crippen LogP contribution is 2.23. The topological polar surface area (TPSA) is 34.1 Å². The molecule has 4 heteroatoms. The number of hydrogen-bond acceptors (Lipinski definition) is 3. The Balaban J connectivity index is 0.000000246. The van der Waals surface area contributed by atoms with Gasteiger partial charge in [-0.15, -0.1) is 0 Å². The standard InChI is InChI=1S/C12H11ClN2O.C6H12/c1-16-11-5-3-10(4-6-11)15-12-7-2-9(13)8-14-12;1-6-4-2-3-5-6/h2-8H,1H3,(H,14,15);6H,2-5H2,1H3. The van der Waals surface area contributed by atoms with E-state index in [1.807, 2.05) is 30.3 Å². The van der Waals surface area contributed by atoms with Crippen LogP contribution in [-0.4, -0.2) is 12.1 Å². The minimum absolute atomic E-state index is 0.625. The molecule has 3 rings (SSSR count). The lowest BCUT2D eigenvalue weighted by Crippen LogP contribution is -1.92. The van der Waals surface area contributed by atoms with E-state index in [-0.39, 0.29) is 0 Å². The van der Waals surface area contributed by atoms with Gasteiger partial charge >= 0.3 is 0 Å². The number of anilines is 2. The van der Waals surface area contributed by atoms with Crippen LogP contribution in [0.5, 0.6) is 5.75 Å². The van der Waals surface area contributed by atoms with Gasteiger partial charge in [0.05, 0.1) is 12.1 Å². The maximum atomic E-state index is 5.75. The fourth-order valence-corrected chi connectivity index (χ4v) is 2.51. The summed E-state index contributed by atoms with van der Waals surface area (Å²) in [6, 6.07) is 11.2. The first-order chi connectivity index (χ1) is 10.7. The molecule has 1 aliphatic rings. The van der Waals surface area contributed by atoms with E-state index < -0.39 is 0 Å². The number of hydrogen-bond donors (Lipinski definition) is 1. The van der Waals surface area contributed by atoms with Crippen LogP contribution >= 0.6 is 11.6 Å². The predicted molar refractivity (Wildman–Crippen MR) is 93.2 cm³/mol. The van der Waals surface area contributed by atoms with Crippen LogP contribution in [0.4, 0.5) is 11.5 Å². The van der Waals surface area contributed by atoms with Gasteiger partial charge in [-0.05, 0) is 42.3 Å². The van der Waals surface area contributed by atoms with Crippen molar-refractivity contribution in [3.63, 3.8) is 0 Å². The van der Waals surface area contributed by atoms with Gasteiger partial charge in [0, 0.05) is 11.9 Å². The third-order valence-corrected chi connectivity index (χ3v) is 3.96. The summed E-state index contributed by atoms with van der Waals surface area (Å²) in [4.78, 5) is 4.14. The predicted octanol–water partition coefficient (Wildman–Crippen LogP) is 5.68. The Morgan fingerprint density at radius 2 is 1.77 bits per heavy atom. The van der Waals surface area contributed by atoms with Gasteiger partial charge in [-0.1, -0.05) is 44.2 Å². The molecular formula is C18H23ClN2O. The van der Waals surface area contributed by atoms with Crippen molar-refractivity contribution >= 4 is 23.1 Å². The van der Waals surface area contributed by atoms with Crippen LogP contribution in [-0.2, 0) is 0 Å². The average Bonchev–Trinajstić information content (AvgIpc) is 3.02. The smallest absolute Gasteiger partial charge is 0.130 e. The minimum atomic E-state index is 0.625. The van der Waals surface area contributed by atoms with Crippen LogP contribution in [0.2, 0.25) is 5.02 Å². The Morgan fingerprint density at radius 1 is 1.09 bits per heavy atom. The summed E-state index contributed by atoms with van der Waals surface area (Å²) < 4.78 is 5.07. The maximum absolute atomic E-state index is 5.75. The Bertz CT molecular complexity index is 548. The molecule has 1 saturated carbocycles. The summed E-state index contributed by atoms with van der Waals surface area (Å²) in [6.07, 6.45) is 7.55. The summed E-state index contributed by atoms with van der Waals surface area (Å²) in [7, 11) is 1.64. The summed E-state index contributed by atoms with van der Waals surface area (Å²) in [5, 5.41) is 3.78. The number of nitrogens with zero attached hydrogens (tertiary/aromatic N) is 1. The summed E-state index contributed by atoms with van der Waals surface area (Å²) in [6.45, 7) is 2.34. The molecule has 0 spiro atoms. The molecule has 1 aromatic carbocycles. The van der Waals surface area contributed by atoms with Crippen molar-refractivity contribution in [1.29, 1.82) is 0 Å². The zero-order valence-corrected chi connectivity index (χ0v) is 13.9.